The quantitative estimate of drug-likeness (QED) is 0.848. The molecule has 5 nitrogen and oxygen atoms in total. The fraction of sp³-hybridized carbons (Fsp3) is 0.500. The lowest BCUT2D eigenvalue weighted by molar-refractivity contribution is 0.0532. The summed E-state index contributed by atoms with van der Waals surface area (Å²) < 4.78 is 10.7. The van der Waals surface area contributed by atoms with Gasteiger partial charge in [-0.05, 0) is 18.6 Å². The lowest BCUT2D eigenvalue weighted by atomic mass is 10.3. The van der Waals surface area contributed by atoms with Gasteiger partial charge in [0.1, 0.15) is 5.75 Å². The van der Waals surface area contributed by atoms with Gasteiger partial charge < -0.3 is 19.7 Å². The van der Waals surface area contributed by atoms with Crippen molar-refractivity contribution in [1.82, 2.24) is 10.2 Å². The van der Waals surface area contributed by atoms with Gasteiger partial charge in [-0.15, -0.1) is 0 Å². The summed E-state index contributed by atoms with van der Waals surface area (Å²) >= 11 is 5.98. The molecular weight excluding hydrogens is 280 g/mol. The molecule has 1 aliphatic rings. The first-order valence-corrected chi connectivity index (χ1v) is 7.13. The van der Waals surface area contributed by atoms with E-state index in [0.717, 1.165) is 6.42 Å². The van der Waals surface area contributed by atoms with E-state index in [9.17, 15) is 4.79 Å². The molecule has 1 aliphatic heterocycles. The molecule has 1 aromatic rings. The van der Waals surface area contributed by atoms with E-state index in [4.69, 9.17) is 21.1 Å². The Morgan fingerprint density at radius 1 is 1.35 bits per heavy atom. The van der Waals surface area contributed by atoms with Crippen LogP contribution in [0, 0.1) is 0 Å². The molecule has 1 N–H and O–H groups in total. The Hall–Kier alpha value is -1.46. The third-order valence-corrected chi connectivity index (χ3v) is 3.30. The van der Waals surface area contributed by atoms with Gasteiger partial charge in [-0.2, -0.15) is 0 Å². The van der Waals surface area contributed by atoms with E-state index in [2.05, 4.69) is 5.32 Å². The fourth-order valence-corrected chi connectivity index (χ4v) is 2.08. The van der Waals surface area contributed by atoms with Crippen LogP contribution in [-0.4, -0.2) is 50.4 Å². The van der Waals surface area contributed by atoms with Crippen molar-refractivity contribution in [3.05, 3.63) is 29.3 Å². The molecule has 20 heavy (non-hydrogen) atoms. The van der Waals surface area contributed by atoms with Crippen molar-refractivity contribution in [2.24, 2.45) is 0 Å². The van der Waals surface area contributed by atoms with Crippen LogP contribution < -0.4 is 10.1 Å². The normalized spacial score (nSPS) is 14.9. The summed E-state index contributed by atoms with van der Waals surface area (Å²) in [6, 6.07) is 7.32. The Morgan fingerprint density at radius 3 is 2.85 bits per heavy atom. The van der Waals surface area contributed by atoms with E-state index in [-0.39, 0.29) is 6.03 Å². The van der Waals surface area contributed by atoms with E-state index in [1.165, 1.54) is 0 Å². The summed E-state index contributed by atoms with van der Waals surface area (Å²) in [6.07, 6.45) is 0.737. The molecule has 1 fully saturated rings. The Bertz CT molecular complexity index is 436. The second-order valence-electron chi connectivity index (χ2n) is 4.46. The van der Waals surface area contributed by atoms with Crippen molar-refractivity contribution in [3.8, 4) is 5.75 Å². The molecule has 0 spiro atoms. The SMILES string of the molecule is O=C(NCCCOc1ccccc1Cl)N1CCOCC1. The van der Waals surface area contributed by atoms with Gasteiger partial charge in [0.25, 0.3) is 0 Å². The molecule has 0 radical (unpaired) electrons. The largest absolute Gasteiger partial charge is 0.492 e. The van der Waals surface area contributed by atoms with E-state index in [1.54, 1.807) is 11.0 Å². The molecule has 0 saturated carbocycles. The molecule has 0 unspecified atom stereocenters. The lowest BCUT2D eigenvalue weighted by Gasteiger charge is -2.26. The maximum absolute atomic E-state index is 11.8. The first-order valence-electron chi connectivity index (χ1n) is 6.75. The minimum absolute atomic E-state index is 0.0361. The number of amides is 2. The van der Waals surface area contributed by atoms with Gasteiger partial charge in [-0.3, -0.25) is 0 Å². The number of halogens is 1. The number of urea groups is 1. The number of rotatable bonds is 5. The molecule has 6 heteroatoms. The number of benzene rings is 1. The van der Waals surface area contributed by atoms with Crippen LogP contribution in [0.25, 0.3) is 0 Å². The molecular formula is C14H19ClN2O3. The van der Waals surface area contributed by atoms with Gasteiger partial charge in [-0.25, -0.2) is 4.79 Å². The molecule has 1 heterocycles. The highest BCUT2D eigenvalue weighted by Crippen LogP contribution is 2.22. The second kappa shape index (κ2) is 7.97. The maximum atomic E-state index is 11.8. The summed E-state index contributed by atoms with van der Waals surface area (Å²) in [5.74, 6) is 0.675. The van der Waals surface area contributed by atoms with Crippen LogP contribution >= 0.6 is 11.6 Å². The van der Waals surface area contributed by atoms with E-state index < -0.39 is 0 Å². The predicted octanol–water partition coefficient (Wildman–Crippen LogP) is 2.15. The number of para-hydroxylation sites is 1. The monoisotopic (exact) mass is 298 g/mol. The van der Waals surface area contributed by atoms with Crippen molar-refractivity contribution in [2.45, 2.75) is 6.42 Å². The molecule has 1 aromatic carbocycles. The van der Waals surface area contributed by atoms with Crippen LogP contribution in [0.4, 0.5) is 4.79 Å². The molecule has 0 atom stereocenters. The summed E-state index contributed by atoms with van der Waals surface area (Å²) in [7, 11) is 0. The molecule has 2 rings (SSSR count). The minimum Gasteiger partial charge on any atom is -0.492 e. The molecule has 0 aromatic heterocycles. The third kappa shape index (κ3) is 4.58. The topological polar surface area (TPSA) is 50.8 Å². The zero-order valence-corrected chi connectivity index (χ0v) is 12.1. The number of nitrogens with zero attached hydrogens (tertiary/aromatic N) is 1. The smallest absolute Gasteiger partial charge is 0.317 e. The van der Waals surface area contributed by atoms with Gasteiger partial charge in [0.15, 0.2) is 0 Å². The average Bonchev–Trinajstić information content (AvgIpc) is 2.49. The van der Waals surface area contributed by atoms with Crippen molar-refractivity contribution in [1.29, 1.82) is 0 Å². The van der Waals surface area contributed by atoms with Gasteiger partial charge in [0, 0.05) is 19.6 Å². The highest BCUT2D eigenvalue weighted by Gasteiger charge is 2.15. The number of hydrogen-bond donors (Lipinski definition) is 1. The lowest BCUT2D eigenvalue weighted by Crippen LogP contribution is -2.46. The highest BCUT2D eigenvalue weighted by atomic mass is 35.5. The van der Waals surface area contributed by atoms with Crippen LogP contribution in [0.15, 0.2) is 24.3 Å². The van der Waals surface area contributed by atoms with Crippen LogP contribution in [0.5, 0.6) is 5.75 Å². The van der Waals surface area contributed by atoms with Crippen molar-refractivity contribution >= 4 is 17.6 Å². The van der Waals surface area contributed by atoms with E-state index >= 15 is 0 Å². The summed E-state index contributed by atoms with van der Waals surface area (Å²) in [5, 5.41) is 3.47. The van der Waals surface area contributed by atoms with Gasteiger partial charge >= 0.3 is 6.03 Å². The molecule has 0 aliphatic carbocycles. The third-order valence-electron chi connectivity index (χ3n) is 2.99. The molecule has 1 saturated heterocycles. The Kier molecular flexibility index (Phi) is 5.95. The van der Waals surface area contributed by atoms with Crippen LogP contribution in [0.1, 0.15) is 6.42 Å². The average molecular weight is 299 g/mol. The Labute approximate surface area is 123 Å². The van der Waals surface area contributed by atoms with E-state index in [0.29, 0.717) is 50.2 Å². The second-order valence-corrected chi connectivity index (χ2v) is 4.87. The number of nitrogens with one attached hydrogen (secondary N) is 1. The van der Waals surface area contributed by atoms with Crippen molar-refractivity contribution in [3.63, 3.8) is 0 Å². The zero-order valence-electron chi connectivity index (χ0n) is 11.3. The van der Waals surface area contributed by atoms with Gasteiger partial charge in [-0.1, -0.05) is 23.7 Å². The molecule has 110 valence electrons. The standard InChI is InChI=1S/C14H19ClN2O3/c15-12-4-1-2-5-13(12)20-9-3-6-16-14(18)17-7-10-19-11-8-17/h1-2,4-5H,3,6-11H2,(H,16,18). The number of ether oxygens (including phenoxy) is 2. The molecule has 2 amide bonds. The number of morpholine rings is 1. The first kappa shape index (κ1) is 14.9. The van der Waals surface area contributed by atoms with Crippen LogP contribution in [-0.2, 0) is 4.74 Å². The van der Waals surface area contributed by atoms with Gasteiger partial charge in [0.2, 0.25) is 0 Å². The summed E-state index contributed by atoms with van der Waals surface area (Å²) in [5.41, 5.74) is 0. The summed E-state index contributed by atoms with van der Waals surface area (Å²) in [6.45, 7) is 3.64. The summed E-state index contributed by atoms with van der Waals surface area (Å²) in [4.78, 5) is 13.5. The minimum atomic E-state index is -0.0361. The van der Waals surface area contributed by atoms with Crippen molar-refractivity contribution in [2.75, 3.05) is 39.5 Å². The Morgan fingerprint density at radius 2 is 2.10 bits per heavy atom. The first-order chi connectivity index (χ1) is 9.77. The van der Waals surface area contributed by atoms with Gasteiger partial charge in [0.05, 0.1) is 24.8 Å². The van der Waals surface area contributed by atoms with Crippen molar-refractivity contribution < 1.29 is 14.3 Å². The van der Waals surface area contributed by atoms with E-state index in [1.807, 2.05) is 18.2 Å². The maximum Gasteiger partial charge on any atom is 0.317 e. The zero-order chi connectivity index (χ0) is 14.2. The number of hydrogen-bond acceptors (Lipinski definition) is 3. The highest BCUT2D eigenvalue weighted by molar-refractivity contribution is 6.32. The van der Waals surface area contributed by atoms with Crippen LogP contribution in [0.2, 0.25) is 5.02 Å². The Balaban J connectivity index is 1.59. The number of carbonyl (C=O) groups is 1. The molecule has 0 bridgehead atoms. The number of carbonyl (C=O) groups excluding carboxylic acids is 1. The van der Waals surface area contributed by atoms with Crippen LogP contribution in [0.3, 0.4) is 0 Å². The fourth-order valence-electron chi connectivity index (χ4n) is 1.89. The predicted molar refractivity (Wildman–Crippen MR) is 77.4 cm³/mol.